The van der Waals surface area contributed by atoms with E-state index in [1.165, 1.54) is 11.8 Å². The molecule has 1 atom stereocenters. The fourth-order valence-electron chi connectivity index (χ4n) is 1.81. The highest BCUT2D eigenvalue weighted by atomic mass is 32.2. The molecule has 1 rings (SSSR count). The van der Waals surface area contributed by atoms with Crippen LogP contribution in [0.2, 0.25) is 0 Å². The number of amides is 1. The highest BCUT2D eigenvalue weighted by molar-refractivity contribution is 8.00. The van der Waals surface area contributed by atoms with Gasteiger partial charge in [-0.15, -0.1) is 11.8 Å². The first kappa shape index (κ1) is 14.2. The Morgan fingerprint density at radius 3 is 2.65 bits per heavy atom. The van der Waals surface area contributed by atoms with Gasteiger partial charge in [0.25, 0.3) is 0 Å². The normalized spacial score (nSPS) is 25.2. The molecule has 0 saturated carbocycles. The second-order valence-electron chi connectivity index (χ2n) is 5.32. The highest BCUT2D eigenvalue weighted by Gasteiger charge is 2.38. The molecule has 0 aromatic rings. The zero-order valence-corrected chi connectivity index (χ0v) is 11.8. The molecule has 0 spiro atoms. The van der Waals surface area contributed by atoms with Gasteiger partial charge in [0.2, 0.25) is 0 Å². The number of carbonyl (C=O) groups excluding carboxylic acids is 1. The van der Waals surface area contributed by atoms with E-state index in [1.807, 2.05) is 27.0 Å². The van der Waals surface area contributed by atoms with Gasteiger partial charge in [0.05, 0.1) is 12.6 Å². The Hall–Kier alpha value is -0.890. The number of nitriles is 1. The zero-order chi connectivity index (χ0) is 13.1. The molecule has 0 aromatic carbocycles. The van der Waals surface area contributed by atoms with Crippen molar-refractivity contribution < 1.29 is 9.53 Å². The third kappa shape index (κ3) is 3.81. The topological polar surface area (TPSA) is 53.3 Å². The van der Waals surface area contributed by atoms with Crippen LogP contribution >= 0.6 is 11.8 Å². The third-order valence-electron chi connectivity index (χ3n) is 2.70. The van der Waals surface area contributed by atoms with E-state index in [2.05, 4.69) is 6.07 Å². The van der Waals surface area contributed by atoms with Crippen molar-refractivity contribution in [3.63, 3.8) is 0 Å². The van der Waals surface area contributed by atoms with Crippen LogP contribution < -0.4 is 0 Å². The van der Waals surface area contributed by atoms with Crippen LogP contribution in [0.1, 0.15) is 33.6 Å². The smallest absolute Gasteiger partial charge is 0.410 e. The highest BCUT2D eigenvalue weighted by Crippen LogP contribution is 2.32. The minimum absolute atomic E-state index is 0.314. The van der Waals surface area contributed by atoms with E-state index in [4.69, 9.17) is 4.74 Å². The van der Waals surface area contributed by atoms with E-state index in [9.17, 15) is 10.1 Å². The molecular weight excluding hydrogens is 236 g/mol. The number of nitrogens with zero attached hydrogens (tertiary/aromatic N) is 2. The predicted molar refractivity (Wildman–Crippen MR) is 68.9 cm³/mol. The number of likely N-dealkylation sites (tertiary alicyclic amines) is 1. The second-order valence-corrected chi connectivity index (χ2v) is 6.51. The van der Waals surface area contributed by atoms with Crippen molar-refractivity contribution >= 4 is 17.9 Å². The van der Waals surface area contributed by atoms with E-state index in [1.54, 1.807) is 4.90 Å². The summed E-state index contributed by atoms with van der Waals surface area (Å²) in [7, 11) is 0. The van der Waals surface area contributed by atoms with Gasteiger partial charge in [-0.2, -0.15) is 5.26 Å². The van der Waals surface area contributed by atoms with Gasteiger partial charge in [-0.25, -0.2) is 4.79 Å². The maximum absolute atomic E-state index is 11.9. The molecule has 1 saturated heterocycles. The lowest BCUT2D eigenvalue weighted by Crippen LogP contribution is -2.49. The number of hydrogen-bond acceptors (Lipinski definition) is 4. The van der Waals surface area contributed by atoms with Crippen LogP contribution in [0.5, 0.6) is 0 Å². The quantitative estimate of drug-likeness (QED) is 0.723. The molecule has 4 nitrogen and oxygen atoms in total. The standard InChI is InChI=1S/C12H20N2O2S/c1-11(2,3)16-10(15)14-7-5-6-12(8-13,9-14)17-4/h5-7,9H2,1-4H3. The van der Waals surface area contributed by atoms with Gasteiger partial charge in [-0.1, -0.05) is 0 Å². The number of carbonyl (C=O) groups is 1. The van der Waals surface area contributed by atoms with Gasteiger partial charge in [-0.05, 0) is 39.9 Å². The summed E-state index contributed by atoms with van der Waals surface area (Å²) in [5.74, 6) is 0. The second kappa shape index (κ2) is 5.18. The average Bonchev–Trinajstić information content (AvgIpc) is 2.27. The van der Waals surface area contributed by atoms with E-state index in [-0.39, 0.29) is 6.09 Å². The van der Waals surface area contributed by atoms with E-state index in [0.717, 1.165) is 12.8 Å². The molecule has 1 heterocycles. The third-order valence-corrected chi connectivity index (χ3v) is 3.91. The zero-order valence-electron chi connectivity index (χ0n) is 10.9. The van der Waals surface area contributed by atoms with Crippen LogP contribution in [0.4, 0.5) is 4.79 Å². The molecule has 1 aliphatic heterocycles. The van der Waals surface area contributed by atoms with Gasteiger partial charge in [-0.3, -0.25) is 0 Å². The van der Waals surface area contributed by atoms with E-state index >= 15 is 0 Å². The van der Waals surface area contributed by atoms with Gasteiger partial charge in [0.1, 0.15) is 10.3 Å². The SMILES string of the molecule is CSC1(C#N)CCCN(C(=O)OC(C)(C)C)C1. The monoisotopic (exact) mass is 256 g/mol. The number of ether oxygens (including phenoxy) is 1. The van der Waals surface area contributed by atoms with E-state index in [0.29, 0.717) is 13.1 Å². The molecule has 0 bridgehead atoms. The van der Waals surface area contributed by atoms with Crippen molar-refractivity contribution in [3.05, 3.63) is 0 Å². The molecule has 0 aliphatic carbocycles. The molecule has 17 heavy (non-hydrogen) atoms. The van der Waals surface area contributed by atoms with Crippen molar-refractivity contribution in [1.82, 2.24) is 4.90 Å². The fraction of sp³-hybridized carbons (Fsp3) is 0.833. The lowest BCUT2D eigenvalue weighted by atomic mass is 9.99. The largest absolute Gasteiger partial charge is 0.444 e. The Morgan fingerprint density at radius 1 is 1.53 bits per heavy atom. The first-order chi connectivity index (χ1) is 7.82. The summed E-state index contributed by atoms with van der Waals surface area (Å²) in [6.45, 7) is 6.68. The number of thioether (sulfide) groups is 1. The van der Waals surface area contributed by atoms with Crippen molar-refractivity contribution in [2.24, 2.45) is 0 Å². The molecule has 1 amide bonds. The molecule has 1 unspecified atom stereocenters. The Labute approximate surface area is 107 Å². The van der Waals surface area contributed by atoms with Crippen LogP contribution in [0, 0.1) is 11.3 Å². The Morgan fingerprint density at radius 2 is 2.18 bits per heavy atom. The summed E-state index contributed by atoms with van der Waals surface area (Å²) in [5, 5.41) is 9.22. The van der Waals surface area contributed by atoms with Gasteiger partial charge in [0, 0.05) is 6.54 Å². The summed E-state index contributed by atoms with van der Waals surface area (Å²) < 4.78 is 4.86. The summed E-state index contributed by atoms with van der Waals surface area (Å²) >= 11 is 1.52. The van der Waals surface area contributed by atoms with E-state index < -0.39 is 10.3 Å². The first-order valence-corrected chi connectivity index (χ1v) is 6.99. The number of rotatable bonds is 1. The maximum Gasteiger partial charge on any atom is 0.410 e. The van der Waals surface area contributed by atoms with Gasteiger partial charge >= 0.3 is 6.09 Å². The minimum Gasteiger partial charge on any atom is -0.444 e. The first-order valence-electron chi connectivity index (χ1n) is 5.76. The van der Waals surface area contributed by atoms with Crippen LogP contribution in [0.3, 0.4) is 0 Å². The molecule has 5 heteroatoms. The van der Waals surface area contributed by atoms with Crippen LogP contribution in [-0.4, -0.2) is 40.7 Å². The van der Waals surface area contributed by atoms with Crippen molar-refractivity contribution in [1.29, 1.82) is 5.26 Å². The molecule has 1 aliphatic rings. The molecule has 0 N–H and O–H groups in total. The summed E-state index contributed by atoms with van der Waals surface area (Å²) in [4.78, 5) is 13.6. The Bertz CT molecular complexity index is 332. The summed E-state index contributed by atoms with van der Waals surface area (Å²) in [6.07, 6.45) is 3.30. The number of hydrogen-bond donors (Lipinski definition) is 0. The summed E-state index contributed by atoms with van der Waals surface area (Å²) in [6, 6.07) is 2.33. The van der Waals surface area contributed by atoms with Gasteiger partial charge < -0.3 is 9.64 Å². The summed E-state index contributed by atoms with van der Waals surface area (Å²) in [5.41, 5.74) is -0.483. The molecule has 96 valence electrons. The van der Waals surface area contributed by atoms with Crippen LogP contribution in [-0.2, 0) is 4.74 Å². The lowest BCUT2D eigenvalue weighted by molar-refractivity contribution is 0.0203. The number of piperidine rings is 1. The Balaban J connectivity index is 2.68. The lowest BCUT2D eigenvalue weighted by Gasteiger charge is -2.37. The minimum atomic E-state index is -0.483. The van der Waals surface area contributed by atoms with Crippen molar-refractivity contribution in [2.45, 2.75) is 44.0 Å². The van der Waals surface area contributed by atoms with Crippen molar-refractivity contribution in [2.75, 3.05) is 19.3 Å². The fourth-order valence-corrected chi connectivity index (χ4v) is 2.53. The molecule has 0 radical (unpaired) electrons. The maximum atomic E-state index is 11.9. The van der Waals surface area contributed by atoms with Crippen molar-refractivity contribution in [3.8, 4) is 6.07 Å². The Kier molecular flexibility index (Phi) is 4.31. The van der Waals surface area contributed by atoms with Crippen LogP contribution in [0.15, 0.2) is 0 Å². The molecule has 1 fully saturated rings. The molecular formula is C12H20N2O2S. The van der Waals surface area contributed by atoms with Crippen LogP contribution in [0.25, 0.3) is 0 Å². The van der Waals surface area contributed by atoms with Gasteiger partial charge in [0.15, 0.2) is 0 Å². The predicted octanol–water partition coefficient (Wildman–Crippen LogP) is 2.64. The molecule has 0 aromatic heterocycles. The average molecular weight is 256 g/mol.